The minimum atomic E-state index is -3.86. The van der Waals surface area contributed by atoms with Gasteiger partial charge >= 0.3 is 5.69 Å². The van der Waals surface area contributed by atoms with E-state index in [9.17, 15) is 22.7 Å². The van der Waals surface area contributed by atoms with Crippen molar-refractivity contribution in [1.82, 2.24) is 4.72 Å². The van der Waals surface area contributed by atoms with E-state index in [4.69, 9.17) is 5.73 Å². The Hall–Kier alpha value is -1.04. The molecule has 1 heterocycles. The molecule has 1 rings (SSSR count). The third kappa shape index (κ3) is 4.51. The van der Waals surface area contributed by atoms with Crippen LogP contribution >= 0.6 is 11.3 Å². The largest absolute Gasteiger partial charge is 0.385 e. The molecule has 11 heteroatoms. The third-order valence-electron chi connectivity index (χ3n) is 2.37. The summed E-state index contributed by atoms with van der Waals surface area (Å²) >= 11 is 0.642. The van der Waals surface area contributed by atoms with Crippen LogP contribution in [0.3, 0.4) is 0 Å². The highest BCUT2D eigenvalue weighted by molar-refractivity contribution is 7.91. The lowest BCUT2D eigenvalue weighted by Gasteiger charge is -2.12. The van der Waals surface area contributed by atoms with E-state index in [1.165, 1.54) is 6.26 Å². The number of nitrogens with two attached hydrogens (primary N) is 1. The molecular formula is C9H15N3O5S3. The molecular weight excluding hydrogens is 326 g/mol. The number of hydrogen-bond donors (Lipinski definition) is 2. The first-order valence-electron chi connectivity index (χ1n) is 5.49. The maximum absolute atomic E-state index is 12.0. The molecule has 0 aromatic carbocycles. The molecule has 2 atom stereocenters. The summed E-state index contributed by atoms with van der Waals surface area (Å²) in [5.41, 5.74) is 4.99. The fourth-order valence-electron chi connectivity index (χ4n) is 1.37. The third-order valence-corrected chi connectivity index (χ3v) is 6.20. The predicted octanol–water partition coefficient (Wildman–Crippen LogP) is 0.674. The van der Waals surface area contributed by atoms with Gasteiger partial charge in [0.2, 0.25) is 0 Å². The van der Waals surface area contributed by atoms with Crippen molar-refractivity contribution in [2.24, 2.45) is 0 Å². The van der Waals surface area contributed by atoms with E-state index in [0.717, 1.165) is 6.07 Å². The fraction of sp³-hybridized carbons (Fsp3) is 0.556. The molecule has 0 aliphatic heterocycles. The average molecular weight is 341 g/mol. The smallest absolute Gasteiger partial charge is 0.304 e. The summed E-state index contributed by atoms with van der Waals surface area (Å²) in [4.78, 5) is 9.92. The van der Waals surface area contributed by atoms with Gasteiger partial charge in [-0.1, -0.05) is 11.3 Å². The van der Waals surface area contributed by atoms with Gasteiger partial charge in [-0.2, -0.15) is 0 Å². The Bertz CT molecular complexity index is 625. The Labute approximate surface area is 123 Å². The molecule has 0 amide bonds. The summed E-state index contributed by atoms with van der Waals surface area (Å²) in [6.07, 6.45) is 1.94. The molecule has 3 N–H and O–H groups in total. The van der Waals surface area contributed by atoms with Gasteiger partial charge in [0.25, 0.3) is 10.0 Å². The summed E-state index contributed by atoms with van der Waals surface area (Å²) in [5, 5.41) is 10.5. The average Bonchev–Trinajstić information content (AvgIpc) is 2.69. The second-order valence-corrected chi connectivity index (χ2v) is 8.74. The molecule has 0 radical (unpaired) electrons. The Balaban J connectivity index is 2.86. The zero-order valence-electron chi connectivity index (χ0n) is 10.9. The number of rotatable bonds is 7. The maximum Gasteiger partial charge on any atom is 0.304 e. The first-order chi connectivity index (χ1) is 9.13. The molecule has 0 aliphatic rings. The lowest BCUT2D eigenvalue weighted by atomic mass is 10.3. The molecule has 1 aromatic rings. The number of sulfonamides is 1. The number of hydrogen-bond acceptors (Lipinski definition) is 7. The van der Waals surface area contributed by atoms with E-state index < -0.39 is 37.5 Å². The summed E-state index contributed by atoms with van der Waals surface area (Å²) in [7, 11) is -4.86. The van der Waals surface area contributed by atoms with Gasteiger partial charge in [-0.3, -0.25) is 14.3 Å². The van der Waals surface area contributed by atoms with Crippen molar-refractivity contribution in [3.05, 3.63) is 16.2 Å². The second kappa shape index (κ2) is 6.61. The van der Waals surface area contributed by atoms with Crippen LogP contribution in [0.25, 0.3) is 0 Å². The minimum Gasteiger partial charge on any atom is -0.385 e. The van der Waals surface area contributed by atoms with E-state index in [0.29, 0.717) is 23.5 Å². The van der Waals surface area contributed by atoms with Gasteiger partial charge in [-0.05, 0) is 13.3 Å². The van der Waals surface area contributed by atoms with Gasteiger partial charge in [0, 0.05) is 34.9 Å². The highest BCUT2D eigenvalue weighted by Gasteiger charge is 2.25. The molecule has 2 unspecified atom stereocenters. The second-order valence-electron chi connectivity index (χ2n) is 4.16. The molecule has 0 saturated carbocycles. The number of nitrogens with zero attached hydrogens (tertiary/aromatic N) is 1. The van der Waals surface area contributed by atoms with Crippen LogP contribution in [0.4, 0.5) is 10.7 Å². The number of anilines is 1. The lowest BCUT2D eigenvalue weighted by Crippen LogP contribution is -2.33. The van der Waals surface area contributed by atoms with Gasteiger partial charge < -0.3 is 5.73 Å². The Morgan fingerprint density at radius 2 is 2.20 bits per heavy atom. The first kappa shape index (κ1) is 17.0. The number of thiophene rings is 1. The normalized spacial score (nSPS) is 14.9. The number of nitrogen functional groups attached to an aromatic ring is 1. The van der Waals surface area contributed by atoms with Crippen molar-refractivity contribution in [3.63, 3.8) is 0 Å². The van der Waals surface area contributed by atoms with E-state index in [-0.39, 0.29) is 9.21 Å². The molecule has 8 nitrogen and oxygen atoms in total. The van der Waals surface area contributed by atoms with Crippen LogP contribution in [-0.2, 0) is 20.8 Å². The Morgan fingerprint density at radius 3 is 2.65 bits per heavy atom. The standard InChI is InChI=1S/C9H15N3O5S3/c1-6(3-4-19(2)15)11-20(16,17)8-5-7(12(13)14)9(10)18-8/h5-6,11H,3-4,10H2,1-2H3. The predicted molar refractivity (Wildman–Crippen MR) is 78.7 cm³/mol. The molecule has 0 bridgehead atoms. The van der Waals surface area contributed by atoms with Gasteiger partial charge in [0.05, 0.1) is 4.92 Å². The fourth-order valence-corrected chi connectivity index (χ4v) is 4.57. The number of nitro groups is 1. The lowest BCUT2D eigenvalue weighted by molar-refractivity contribution is -0.383. The zero-order valence-corrected chi connectivity index (χ0v) is 13.3. The highest BCUT2D eigenvalue weighted by Crippen LogP contribution is 2.34. The Kier molecular flexibility index (Phi) is 5.62. The van der Waals surface area contributed by atoms with Crippen molar-refractivity contribution in [2.45, 2.75) is 23.6 Å². The van der Waals surface area contributed by atoms with Crippen molar-refractivity contribution < 1.29 is 17.6 Å². The molecule has 0 saturated heterocycles. The van der Waals surface area contributed by atoms with E-state index in [1.54, 1.807) is 6.92 Å². The summed E-state index contributed by atoms with van der Waals surface area (Å²) in [6, 6.07) is 0.513. The van der Waals surface area contributed by atoms with Crippen LogP contribution in [0.1, 0.15) is 13.3 Å². The van der Waals surface area contributed by atoms with Crippen LogP contribution in [0.2, 0.25) is 0 Å². The van der Waals surface area contributed by atoms with Crippen LogP contribution in [0.5, 0.6) is 0 Å². The van der Waals surface area contributed by atoms with Crippen LogP contribution < -0.4 is 10.5 Å². The number of nitrogens with one attached hydrogen (secondary N) is 1. The van der Waals surface area contributed by atoms with Crippen LogP contribution in [0.15, 0.2) is 10.3 Å². The van der Waals surface area contributed by atoms with Crippen molar-refractivity contribution in [2.75, 3.05) is 17.7 Å². The quantitative estimate of drug-likeness (QED) is 0.553. The summed E-state index contributed by atoms with van der Waals surface area (Å²) in [6.45, 7) is 1.63. The molecule has 114 valence electrons. The van der Waals surface area contributed by atoms with Crippen molar-refractivity contribution in [1.29, 1.82) is 0 Å². The summed E-state index contributed by atoms with van der Waals surface area (Å²) in [5.74, 6) is 0.371. The molecule has 1 aromatic heterocycles. The SMILES string of the molecule is CC(CCS(C)=O)NS(=O)(=O)c1cc([N+](=O)[O-])c(N)s1. The highest BCUT2D eigenvalue weighted by atomic mass is 32.2. The molecule has 0 fully saturated rings. The Morgan fingerprint density at radius 1 is 1.60 bits per heavy atom. The monoisotopic (exact) mass is 341 g/mol. The minimum absolute atomic E-state index is 0.155. The van der Waals surface area contributed by atoms with Crippen LogP contribution in [-0.4, -0.2) is 35.6 Å². The summed E-state index contributed by atoms with van der Waals surface area (Å²) < 4.78 is 37.2. The van der Waals surface area contributed by atoms with Gasteiger partial charge in [-0.15, -0.1) is 0 Å². The van der Waals surface area contributed by atoms with E-state index >= 15 is 0 Å². The van der Waals surface area contributed by atoms with Gasteiger partial charge in [0.1, 0.15) is 4.21 Å². The topological polar surface area (TPSA) is 132 Å². The van der Waals surface area contributed by atoms with Crippen molar-refractivity contribution >= 4 is 42.8 Å². The van der Waals surface area contributed by atoms with E-state index in [2.05, 4.69) is 4.72 Å². The first-order valence-corrected chi connectivity index (χ1v) is 9.52. The molecule has 0 spiro atoms. The maximum atomic E-state index is 12.0. The van der Waals surface area contributed by atoms with Gasteiger partial charge in [0.15, 0.2) is 5.00 Å². The van der Waals surface area contributed by atoms with Gasteiger partial charge in [-0.25, -0.2) is 13.1 Å². The van der Waals surface area contributed by atoms with Crippen molar-refractivity contribution in [3.8, 4) is 0 Å². The molecule has 20 heavy (non-hydrogen) atoms. The zero-order chi connectivity index (χ0) is 15.5. The molecule has 0 aliphatic carbocycles. The van der Waals surface area contributed by atoms with E-state index in [1.807, 2.05) is 0 Å². The van der Waals surface area contributed by atoms with Crippen LogP contribution in [0, 0.1) is 10.1 Å².